The summed E-state index contributed by atoms with van der Waals surface area (Å²) < 4.78 is 12.1. The molecule has 6 atom stereocenters. The summed E-state index contributed by atoms with van der Waals surface area (Å²) in [5, 5.41) is 1.35. The highest BCUT2D eigenvalue weighted by molar-refractivity contribution is 6.08. The molecule has 6 rings (SSSR count). The molecule has 4 aliphatic heterocycles. The molecular formula is C21H24N2O5. The van der Waals surface area contributed by atoms with E-state index in [0.717, 1.165) is 23.4 Å². The molecule has 4 heterocycles. The van der Waals surface area contributed by atoms with Crippen LogP contribution in [-0.2, 0) is 29.3 Å². The van der Waals surface area contributed by atoms with Crippen LogP contribution in [0.15, 0.2) is 29.3 Å². The van der Waals surface area contributed by atoms with Crippen LogP contribution < -0.4 is 5.06 Å². The van der Waals surface area contributed by atoms with Crippen LogP contribution in [-0.4, -0.2) is 49.6 Å². The van der Waals surface area contributed by atoms with Gasteiger partial charge in [-0.2, -0.15) is 5.06 Å². The molecule has 5 aliphatic rings. The molecule has 1 aromatic carbocycles. The molecule has 0 radical (unpaired) electrons. The summed E-state index contributed by atoms with van der Waals surface area (Å²) in [4.78, 5) is 36.1. The molecule has 0 aromatic heterocycles. The first kappa shape index (κ1) is 17.8. The zero-order chi connectivity index (χ0) is 19.6. The van der Waals surface area contributed by atoms with Gasteiger partial charge in [-0.1, -0.05) is 25.1 Å². The lowest BCUT2D eigenvalue weighted by Gasteiger charge is -2.43. The van der Waals surface area contributed by atoms with Crippen molar-refractivity contribution in [2.75, 3.05) is 18.8 Å². The Balaban J connectivity index is 1.73. The van der Waals surface area contributed by atoms with E-state index in [4.69, 9.17) is 19.3 Å². The molecule has 7 heteroatoms. The van der Waals surface area contributed by atoms with Crippen molar-refractivity contribution >= 4 is 23.3 Å². The van der Waals surface area contributed by atoms with Gasteiger partial charge in [-0.05, 0) is 24.5 Å². The van der Waals surface area contributed by atoms with E-state index in [1.807, 2.05) is 24.3 Å². The van der Waals surface area contributed by atoms with Crippen molar-refractivity contribution < 1.29 is 23.9 Å². The number of benzene rings is 1. The van der Waals surface area contributed by atoms with Gasteiger partial charge in [0, 0.05) is 24.5 Å². The standard InChI is InChI=1S/C21H24N2O5/c1-4-14-17-12-10-27-19(18(17)28-11(2)24)21(9-15(12)22-14)13-7-5-6-8-16(13)23(26-3)20(21)25/h5-8,12,15,17-19H,4,9-10H2,1-3H3/t12-,15+,17-,18-,19-,21-/m1/s1. The van der Waals surface area contributed by atoms with Crippen LogP contribution in [0.4, 0.5) is 5.69 Å². The van der Waals surface area contributed by atoms with E-state index < -0.39 is 17.6 Å². The van der Waals surface area contributed by atoms with Gasteiger partial charge in [0.25, 0.3) is 5.91 Å². The number of hydroxylamine groups is 1. The van der Waals surface area contributed by atoms with Crippen molar-refractivity contribution in [3.63, 3.8) is 0 Å². The Labute approximate surface area is 163 Å². The smallest absolute Gasteiger partial charge is 0.303 e. The number of esters is 1. The van der Waals surface area contributed by atoms with Gasteiger partial charge in [0.2, 0.25) is 0 Å². The fourth-order valence-corrected chi connectivity index (χ4v) is 5.83. The molecule has 1 spiro atoms. The van der Waals surface area contributed by atoms with Crippen molar-refractivity contribution in [2.45, 2.75) is 50.4 Å². The third kappa shape index (κ3) is 2.09. The maximum Gasteiger partial charge on any atom is 0.303 e. The topological polar surface area (TPSA) is 77.4 Å². The number of anilines is 1. The summed E-state index contributed by atoms with van der Waals surface area (Å²) in [7, 11) is 1.49. The number of rotatable bonds is 3. The summed E-state index contributed by atoms with van der Waals surface area (Å²) in [6.07, 6.45) is 0.254. The first-order valence-electron chi connectivity index (χ1n) is 9.86. The van der Waals surface area contributed by atoms with Crippen molar-refractivity contribution in [3.8, 4) is 0 Å². The molecular weight excluding hydrogens is 360 g/mol. The van der Waals surface area contributed by atoms with Crippen LogP contribution in [0.2, 0.25) is 0 Å². The maximum absolute atomic E-state index is 13.7. The summed E-state index contributed by atoms with van der Waals surface area (Å²) >= 11 is 0. The third-order valence-electron chi connectivity index (χ3n) is 6.83. The molecule has 0 unspecified atom stereocenters. The van der Waals surface area contributed by atoms with Crippen molar-refractivity contribution in [1.29, 1.82) is 0 Å². The van der Waals surface area contributed by atoms with Gasteiger partial charge < -0.3 is 9.47 Å². The molecule has 7 nitrogen and oxygen atoms in total. The van der Waals surface area contributed by atoms with Gasteiger partial charge in [-0.3, -0.25) is 19.4 Å². The number of ether oxygens (including phenoxy) is 2. The quantitative estimate of drug-likeness (QED) is 0.746. The summed E-state index contributed by atoms with van der Waals surface area (Å²) in [5.41, 5.74) is 1.70. The van der Waals surface area contributed by atoms with Crippen molar-refractivity contribution in [2.24, 2.45) is 16.8 Å². The molecule has 2 saturated heterocycles. The summed E-state index contributed by atoms with van der Waals surface area (Å²) in [6.45, 7) is 4.01. The van der Waals surface area contributed by atoms with Crippen molar-refractivity contribution in [1.82, 2.24) is 0 Å². The largest absolute Gasteiger partial charge is 0.459 e. The second-order valence-corrected chi connectivity index (χ2v) is 8.03. The van der Waals surface area contributed by atoms with Gasteiger partial charge in [-0.15, -0.1) is 0 Å². The van der Waals surface area contributed by atoms with Gasteiger partial charge in [-0.25, -0.2) is 0 Å². The minimum absolute atomic E-state index is 0.00795. The minimum atomic E-state index is -0.969. The predicted octanol–water partition coefficient (Wildman–Crippen LogP) is 2.03. The van der Waals surface area contributed by atoms with Crippen LogP contribution in [0.1, 0.15) is 32.3 Å². The van der Waals surface area contributed by atoms with Crippen LogP contribution in [0.25, 0.3) is 0 Å². The highest BCUT2D eigenvalue weighted by atomic mass is 16.7. The average Bonchev–Trinajstić information content (AvgIpc) is 3.05. The Morgan fingerprint density at radius 2 is 2.18 bits per heavy atom. The number of nitrogens with zero attached hydrogens (tertiary/aromatic N) is 2. The number of amides is 1. The SMILES string of the molecule is CCC1=N[C@H]2C[C@]3(C(=O)N(OC)c4ccccc43)[C@@H]3OC[C@H]2[C@H]1[C@H]3OC(C)=O. The third-order valence-corrected chi connectivity index (χ3v) is 6.83. The predicted molar refractivity (Wildman–Crippen MR) is 101 cm³/mol. The summed E-state index contributed by atoms with van der Waals surface area (Å²) in [5.74, 6) is -0.391. The number of carbonyl (C=O) groups excluding carboxylic acids is 2. The number of carbonyl (C=O) groups is 2. The molecule has 148 valence electrons. The van der Waals surface area contributed by atoms with E-state index >= 15 is 0 Å². The second kappa shape index (κ2) is 6.12. The molecule has 0 N–H and O–H groups in total. The zero-order valence-electron chi connectivity index (χ0n) is 16.3. The zero-order valence-corrected chi connectivity index (χ0v) is 16.3. The Kier molecular flexibility index (Phi) is 3.90. The van der Waals surface area contributed by atoms with E-state index in [0.29, 0.717) is 13.0 Å². The van der Waals surface area contributed by atoms with E-state index in [-0.39, 0.29) is 29.8 Å². The lowest BCUT2D eigenvalue weighted by Crippen LogP contribution is -2.59. The van der Waals surface area contributed by atoms with Gasteiger partial charge in [0.1, 0.15) is 17.6 Å². The lowest BCUT2D eigenvalue weighted by molar-refractivity contribution is -0.179. The normalized spacial score (nSPS) is 37.8. The minimum Gasteiger partial charge on any atom is -0.459 e. The fourth-order valence-electron chi connectivity index (χ4n) is 5.83. The Morgan fingerprint density at radius 3 is 2.89 bits per heavy atom. The van der Waals surface area contributed by atoms with Crippen LogP contribution in [0.3, 0.4) is 0 Å². The van der Waals surface area contributed by atoms with Crippen LogP contribution in [0, 0.1) is 11.8 Å². The Bertz CT molecular complexity index is 883. The highest BCUT2D eigenvalue weighted by Crippen LogP contribution is 2.57. The first-order chi connectivity index (χ1) is 13.5. The number of hydrogen-bond donors (Lipinski definition) is 0. The van der Waals surface area contributed by atoms with Crippen LogP contribution in [0.5, 0.6) is 0 Å². The van der Waals surface area contributed by atoms with Crippen LogP contribution >= 0.6 is 0 Å². The number of para-hydroxylation sites is 1. The average molecular weight is 384 g/mol. The summed E-state index contributed by atoms with van der Waals surface area (Å²) in [6, 6.07) is 7.61. The second-order valence-electron chi connectivity index (χ2n) is 8.03. The first-order valence-corrected chi connectivity index (χ1v) is 9.86. The number of fused-ring (bicyclic) bond motifs is 2. The molecule has 1 amide bonds. The highest BCUT2D eigenvalue weighted by Gasteiger charge is 2.68. The van der Waals surface area contributed by atoms with Gasteiger partial charge >= 0.3 is 5.97 Å². The van der Waals surface area contributed by atoms with Crippen molar-refractivity contribution in [3.05, 3.63) is 29.8 Å². The molecule has 1 saturated carbocycles. The molecule has 28 heavy (non-hydrogen) atoms. The van der Waals surface area contributed by atoms with E-state index in [1.165, 1.54) is 19.1 Å². The molecule has 1 aromatic rings. The maximum atomic E-state index is 13.7. The molecule has 4 bridgehead atoms. The number of aliphatic imine (C=N–C) groups is 1. The Hall–Kier alpha value is -2.25. The number of hydrogen-bond acceptors (Lipinski definition) is 6. The molecule has 1 aliphatic carbocycles. The molecule has 3 fully saturated rings. The lowest BCUT2D eigenvalue weighted by atomic mass is 9.70. The monoisotopic (exact) mass is 384 g/mol. The van der Waals surface area contributed by atoms with E-state index in [2.05, 4.69) is 6.92 Å². The Morgan fingerprint density at radius 1 is 1.39 bits per heavy atom. The van der Waals surface area contributed by atoms with Gasteiger partial charge in [0.05, 0.1) is 25.4 Å². The fraction of sp³-hybridized carbons (Fsp3) is 0.571. The van der Waals surface area contributed by atoms with Gasteiger partial charge in [0.15, 0.2) is 0 Å². The van der Waals surface area contributed by atoms with E-state index in [1.54, 1.807) is 0 Å². The van der Waals surface area contributed by atoms with E-state index in [9.17, 15) is 9.59 Å².